The van der Waals surface area contributed by atoms with Crippen LogP contribution in [0.15, 0.2) is 46.9 Å². The van der Waals surface area contributed by atoms with Crippen molar-refractivity contribution in [1.82, 2.24) is 5.32 Å². The number of carbonyl (C=O) groups excluding carboxylic acids is 1. The number of halogens is 3. The predicted octanol–water partition coefficient (Wildman–Crippen LogP) is 3.70. The van der Waals surface area contributed by atoms with Gasteiger partial charge < -0.3 is 14.8 Å². The second-order valence-electron chi connectivity index (χ2n) is 5.65. The molecular weight excluding hydrogens is 335 g/mol. The van der Waals surface area contributed by atoms with Crippen LogP contribution >= 0.6 is 0 Å². The maximum absolute atomic E-state index is 13.6. The molecule has 25 heavy (non-hydrogen) atoms. The fraction of sp³-hybridized carbons (Fsp3) is 0.167. The molecule has 1 amide bonds. The molecule has 0 radical (unpaired) electrons. The lowest BCUT2D eigenvalue weighted by Crippen LogP contribution is -2.36. The van der Waals surface area contributed by atoms with Crippen LogP contribution in [0.1, 0.15) is 29.1 Å². The number of hydrogen-bond donors (Lipinski definition) is 2. The first-order chi connectivity index (χ1) is 11.9. The van der Waals surface area contributed by atoms with Crippen LogP contribution in [0.4, 0.5) is 13.2 Å². The molecule has 0 spiro atoms. The molecule has 1 heterocycles. The number of amides is 1. The topological polar surface area (TPSA) is 62.5 Å². The fourth-order valence-electron chi connectivity index (χ4n) is 2.48. The average molecular weight is 349 g/mol. The van der Waals surface area contributed by atoms with Crippen molar-refractivity contribution in [1.29, 1.82) is 0 Å². The van der Waals surface area contributed by atoms with Crippen LogP contribution in [0.25, 0.3) is 11.0 Å². The molecule has 3 rings (SSSR count). The van der Waals surface area contributed by atoms with Gasteiger partial charge in [0.1, 0.15) is 0 Å². The van der Waals surface area contributed by atoms with Gasteiger partial charge in [-0.3, -0.25) is 4.79 Å². The van der Waals surface area contributed by atoms with Crippen molar-refractivity contribution in [3.05, 3.63) is 71.2 Å². The van der Waals surface area contributed by atoms with Gasteiger partial charge in [-0.2, -0.15) is 0 Å². The van der Waals surface area contributed by atoms with Gasteiger partial charge in [-0.1, -0.05) is 18.2 Å². The third kappa shape index (κ3) is 3.36. The number of rotatable bonds is 4. The Morgan fingerprint density at radius 1 is 1.08 bits per heavy atom. The van der Waals surface area contributed by atoms with E-state index >= 15 is 0 Å². The highest BCUT2D eigenvalue weighted by molar-refractivity contribution is 5.96. The summed E-state index contributed by atoms with van der Waals surface area (Å²) >= 11 is 0. The Bertz CT molecular complexity index is 938. The van der Waals surface area contributed by atoms with E-state index in [-0.39, 0.29) is 16.9 Å². The number of furan rings is 1. The molecule has 0 bridgehead atoms. The second kappa shape index (κ2) is 6.60. The van der Waals surface area contributed by atoms with Gasteiger partial charge in [-0.15, -0.1) is 0 Å². The fourth-order valence-corrected chi connectivity index (χ4v) is 2.48. The van der Waals surface area contributed by atoms with Crippen LogP contribution in [0, 0.1) is 17.5 Å². The van der Waals surface area contributed by atoms with E-state index in [1.807, 2.05) is 0 Å². The van der Waals surface area contributed by atoms with E-state index < -0.39 is 35.5 Å². The molecule has 4 nitrogen and oxygen atoms in total. The summed E-state index contributed by atoms with van der Waals surface area (Å²) in [5.74, 6) is -3.50. The van der Waals surface area contributed by atoms with Gasteiger partial charge in [0, 0.05) is 5.39 Å². The van der Waals surface area contributed by atoms with Crippen LogP contribution in [-0.2, 0) is 0 Å². The molecule has 130 valence electrons. The summed E-state index contributed by atoms with van der Waals surface area (Å²) in [7, 11) is 0. The Hall–Kier alpha value is -2.80. The number of carbonyl (C=O) groups is 1. The van der Waals surface area contributed by atoms with Crippen molar-refractivity contribution in [3.8, 4) is 0 Å². The third-order valence-electron chi connectivity index (χ3n) is 3.84. The highest BCUT2D eigenvalue weighted by Gasteiger charge is 2.22. The minimum Gasteiger partial charge on any atom is -0.448 e. The van der Waals surface area contributed by atoms with Crippen molar-refractivity contribution < 1.29 is 27.5 Å². The maximum Gasteiger partial charge on any atom is 0.287 e. The van der Waals surface area contributed by atoms with Gasteiger partial charge in [0.25, 0.3) is 5.91 Å². The molecular formula is C18H14F3NO3. The van der Waals surface area contributed by atoms with Crippen molar-refractivity contribution in [2.75, 3.05) is 0 Å². The van der Waals surface area contributed by atoms with Crippen LogP contribution in [-0.4, -0.2) is 17.1 Å². The molecule has 0 aliphatic carbocycles. The standard InChI is InChI=1S/C18H14F3NO3/c1-9(16(23)10-5-6-12(19)14(21)7-10)22-18(24)15-8-11-3-2-4-13(20)17(11)25-15/h2-9,16,23H,1H3,(H,22,24). The minimum absolute atomic E-state index is 0.0403. The monoisotopic (exact) mass is 349 g/mol. The summed E-state index contributed by atoms with van der Waals surface area (Å²) < 4.78 is 45.0. The summed E-state index contributed by atoms with van der Waals surface area (Å²) in [4.78, 5) is 12.2. The van der Waals surface area contributed by atoms with E-state index in [9.17, 15) is 23.1 Å². The second-order valence-corrected chi connectivity index (χ2v) is 5.65. The molecule has 0 saturated heterocycles. The molecule has 2 aromatic carbocycles. The van der Waals surface area contributed by atoms with E-state index in [0.29, 0.717) is 5.39 Å². The maximum atomic E-state index is 13.6. The van der Waals surface area contributed by atoms with Crippen LogP contribution < -0.4 is 5.32 Å². The number of nitrogens with one attached hydrogen (secondary N) is 1. The molecule has 7 heteroatoms. The number of fused-ring (bicyclic) bond motifs is 1. The van der Waals surface area contributed by atoms with Gasteiger partial charge in [0.15, 0.2) is 28.8 Å². The van der Waals surface area contributed by atoms with Gasteiger partial charge in [0.2, 0.25) is 0 Å². The molecule has 2 unspecified atom stereocenters. The Labute approximate surface area is 140 Å². The Morgan fingerprint density at radius 3 is 2.52 bits per heavy atom. The lowest BCUT2D eigenvalue weighted by Gasteiger charge is -2.20. The number of benzene rings is 2. The zero-order valence-corrected chi connectivity index (χ0v) is 13.1. The molecule has 3 aromatic rings. The highest BCUT2D eigenvalue weighted by atomic mass is 19.2. The lowest BCUT2D eigenvalue weighted by atomic mass is 10.0. The zero-order chi connectivity index (χ0) is 18.1. The first-order valence-corrected chi connectivity index (χ1v) is 7.48. The van der Waals surface area contributed by atoms with Crippen molar-refractivity contribution >= 4 is 16.9 Å². The van der Waals surface area contributed by atoms with Crippen LogP contribution in [0.2, 0.25) is 0 Å². The number of para-hydroxylation sites is 1. The smallest absolute Gasteiger partial charge is 0.287 e. The van der Waals surface area contributed by atoms with Gasteiger partial charge in [-0.25, -0.2) is 13.2 Å². The summed E-state index contributed by atoms with van der Waals surface area (Å²) in [5, 5.41) is 13.1. The van der Waals surface area contributed by atoms with Crippen molar-refractivity contribution in [3.63, 3.8) is 0 Å². The molecule has 0 aliphatic heterocycles. The summed E-state index contributed by atoms with van der Waals surface area (Å²) in [6.45, 7) is 1.49. The molecule has 0 fully saturated rings. The molecule has 1 aromatic heterocycles. The number of hydrogen-bond acceptors (Lipinski definition) is 3. The molecule has 0 saturated carbocycles. The lowest BCUT2D eigenvalue weighted by molar-refractivity contribution is 0.0827. The molecule has 0 aliphatic rings. The zero-order valence-electron chi connectivity index (χ0n) is 13.1. The van der Waals surface area contributed by atoms with E-state index in [4.69, 9.17) is 4.42 Å². The van der Waals surface area contributed by atoms with E-state index in [0.717, 1.165) is 12.1 Å². The van der Waals surface area contributed by atoms with Crippen LogP contribution in [0.3, 0.4) is 0 Å². The minimum atomic E-state index is -1.26. The first-order valence-electron chi connectivity index (χ1n) is 7.48. The first kappa shape index (κ1) is 17.0. The van der Waals surface area contributed by atoms with Gasteiger partial charge >= 0.3 is 0 Å². The Balaban J connectivity index is 1.76. The van der Waals surface area contributed by atoms with Crippen LogP contribution in [0.5, 0.6) is 0 Å². The Kier molecular flexibility index (Phi) is 4.50. The third-order valence-corrected chi connectivity index (χ3v) is 3.84. The largest absolute Gasteiger partial charge is 0.448 e. The Morgan fingerprint density at radius 2 is 1.84 bits per heavy atom. The van der Waals surface area contributed by atoms with Gasteiger partial charge in [0.05, 0.1) is 12.1 Å². The SMILES string of the molecule is CC(NC(=O)c1cc2cccc(F)c2o1)C(O)c1ccc(F)c(F)c1. The predicted molar refractivity (Wildman–Crippen MR) is 84.4 cm³/mol. The highest BCUT2D eigenvalue weighted by Crippen LogP contribution is 2.23. The van der Waals surface area contributed by atoms with Gasteiger partial charge in [-0.05, 0) is 36.8 Å². The normalized spacial score (nSPS) is 13.6. The summed E-state index contributed by atoms with van der Waals surface area (Å²) in [6.07, 6.45) is -1.26. The molecule has 2 N–H and O–H groups in total. The van der Waals surface area contributed by atoms with E-state index in [1.165, 1.54) is 31.2 Å². The number of aliphatic hydroxyl groups excluding tert-OH is 1. The quantitative estimate of drug-likeness (QED) is 0.755. The van der Waals surface area contributed by atoms with Crippen molar-refractivity contribution in [2.24, 2.45) is 0 Å². The van der Waals surface area contributed by atoms with Crippen molar-refractivity contribution in [2.45, 2.75) is 19.1 Å². The summed E-state index contributed by atoms with van der Waals surface area (Å²) in [5.41, 5.74) is 0.0730. The van der Waals surface area contributed by atoms with E-state index in [1.54, 1.807) is 6.07 Å². The van der Waals surface area contributed by atoms with E-state index in [2.05, 4.69) is 5.32 Å². The summed E-state index contributed by atoms with van der Waals surface area (Å²) in [6, 6.07) is 7.83. The average Bonchev–Trinajstić information content (AvgIpc) is 3.02. The number of aliphatic hydroxyl groups is 1. The molecule has 2 atom stereocenters.